The lowest BCUT2D eigenvalue weighted by atomic mass is 9.89. The fourth-order valence-electron chi connectivity index (χ4n) is 4.55. The van der Waals surface area contributed by atoms with Crippen LogP contribution in [0.2, 0.25) is 0 Å². The molecule has 9 heteroatoms. The van der Waals surface area contributed by atoms with Gasteiger partial charge >= 0.3 is 6.09 Å². The van der Waals surface area contributed by atoms with Crippen molar-refractivity contribution in [1.82, 2.24) is 24.8 Å². The van der Waals surface area contributed by atoms with E-state index in [9.17, 15) is 4.79 Å². The van der Waals surface area contributed by atoms with Gasteiger partial charge in [-0.1, -0.05) is 17.3 Å². The van der Waals surface area contributed by atoms with Crippen LogP contribution in [0.1, 0.15) is 64.3 Å². The summed E-state index contributed by atoms with van der Waals surface area (Å²) in [6, 6.07) is 6.50. The summed E-state index contributed by atoms with van der Waals surface area (Å²) in [7, 11) is 1.76. The average molecular weight is 454 g/mol. The highest BCUT2D eigenvalue weighted by atomic mass is 16.6. The number of ether oxygens (including phenoxy) is 2. The minimum absolute atomic E-state index is 0.139. The molecule has 0 spiro atoms. The van der Waals surface area contributed by atoms with Crippen LogP contribution in [0.15, 0.2) is 28.9 Å². The normalized spacial score (nSPS) is 21.9. The second-order valence-corrected chi connectivity index (χ2v) is 10.0. The topological polar surface area (TPSA) is 95.5 Å². The van der Waals surface area contributed by atoms with Crippen molar-refractivity contribution in [2.24, 2.45) is 0 Å². The number of benzene rings is 1. The van der Waals surface area contributed by atoms with E-state index < -0.39 is 5.60 Å². The van der Waals surface area contributed by atoms with Crippen LogP contribution in [0.5, 0.6) is 0 Å². The summed E-state index contributed by atoms with van der Waals surface area (Å²) in [6.07, 6.45) is 5.46. The van der Waals surface area contributed by atoms with Crippen molar-refractivity contribution in [1.29, 1.82) is 0 Å². The second kappa shape index (κ2) is 8.44. The summed E-state index contributed by atoms with van der Waals surface area (Å²) in [4.78, 5) is 18.8. The van der Waals surface area contributed by atoms with Gasteiger partial charge in [0.15, 0.2) is 0 Å². The number of methoxy groups -OCH3 is 1. The molecule has 1 aromatic carbocycles. The molecule has 176 valence electrons. The van der Waals surface area contributed by atoms with Crippen LogP contribution in [0.3, 0.4) is 0 Å². The highest BCUT2D eigenvalue weighted by Gasteiger charge is 2.32. The van der Waals surface area contributed by atoms with Crippen LogP contribution >= 0.6 is 0 Å². The first-order valence-electron chi connectivity index (χ1n) is 11.6. The molecular formula is C24H31N5O4. The zero-order valence-electron chi connectivity index (χ0n) is 19.7. The van der Waals surface area contributed by atoms with Crippen molar-refractivity contribution >= 4 is 17.0 Å². The number of likely N-dealkylation sites (tertiary alicyclic amines) is 1. The first kappa shape index (κ1) is 21.9. The van der Waals surface area contributed by atoms with E-state index in [1.54, 1.807) is 12.0 Å². The maximum absolute atomic E-state index is 12.3. The Bertz CT molecular complexity index is 1130. The highest BCUT2D eigenvalue weighted by molar-refractivity contribution is 5.83. The van der Waals surface area contributed by atoms with E-state index in [0.717, 1.165) is 42.1 Å². The monoisotopic (exact) mass is 453 g/mol. The molecule has 2 fully saturated rings. The molecule has 1 amide bonds. The Morgan fingerprint density at radius 2 is 1.94 bits per heavy atom. The summed E-state index contributed by atoms with van der Waals surface area (Å²) in [5.74, 6) is 1.35. The van der Waals surface area contributed by atoms with Crippen LogP contribution in [-0.2, 0) is 9.47 Å². The number of piperidine rings is 1. The molecule has 9 nitrogen and oxygen atoms in total. The maximum Gasteiger partial charge on any atom is 0.410 e. The van der Waals surface area contributed by atoms with Gasteiger partial charge in [-0.25, -0.2) is 4.79 Å². The predicted molar refractivity (Wildman–Crippen MR) is 122 cm³/mol. The Hall–Kier alpha value is -2.94. The van der Waals surface area contributed by atoms with Gasteiger partial charge in [0.1, 0.15) is 5.60 Å². The fraction of sp³-hybridized carbons (Fsp3) is 0.583. The van der Waals surface area contributed by atoms with E-state index >= 15 is 0 Å². The van der Waals surface area contributed by atoms with Gasteiger partial charge in [0.2, 0.25) is 11.7 Å². The van der Waals surface area contributed by atoms with E-state index in [4.69, 9.17) is 19.0 Å². The van der Waals surface area contributed by atoms with Crippen molar-refractivity contribution in [3.63, 3.8) is 0 Å². The van der Waals surface area contributed by atoms with Gasteiger partial charge in [-0.3, -0.25) is 4.68 Å². The highest BCUT2D eigenvalue weighted by Crippen LogP contribution is 2.36. The fourth-order valence-corrected chi connectivity index (χ4v) is 4.55. The molecule has 1 aliphatic heterocycles. The molecule has 5 rings (SSSR count). The van der Waals surface area contributed by atoms with Crippen LogP contribution in [0.25, 0.3) is 22.3 Å². The molecule has 0 N–H and O–H groups in total. The van der Waals surface area contributed by atoms with E-state index in [2.05, 4.69) is 27.1 Å². The minimum Gasteiger partial charge on any atom is -0.444 e. The molecule has 0 radical (unpaired) electrons. The number of fused-ring (bicyclic) bond motifs is 1. The third kappa shape index (κ3) is 4.46. The third-order valence-corrected chi connectivity index (χ3v) is 6.54. The van der Waals surface area contributed by atoms with Crippen molar-refractivity contribution < 1.29 is 18.8 Å². The van der Waals surface area contributed by atoms with E-state index in [-0.39, 0.29) is 12.0 Å². The van der Waals surface area contributed by atoms with Gasteiger partial charge in [0.05, 0.1) is 23.9 Å². The van der Waals surface area contributed by atoms with Crippen LogP contribution in [-0.4, -0.2) is 62.8 Å². The van der Waals surface area contributed by atoms with Gasteiger partial charge in [-0.15, -0.1) is 0 Å². The summed E-state index contributed by atoms with van der Waals surface area (Å²) >= 11 is 0. The number of hydrogen-bond donors (Lipinski definition) is 0. The van der Waals surface area contributed by atoms with Gasteiger partial charge in [0.25, 0.3) is 0 Å². The first-order valence-corrected chi connectivity index (χ1v) is 11.6. The summed E-state index contributed by atoms with van der Waals surface area (Å²) in [5, 5.41) is 9.94. The number of nitrogens with zero attached hydrogens (tertiary/aromatic N) is 5. The average Bonchev–Trinajstić information content (AvgIpc) is 3.39. The molecule has 0 atom stereocenters. The summed E-state index contributed by atoms with van der Waals surface area (Å²) in [5.41, 5.74) is 1.49. The lowest BCUT2D eigenvalue weighted by Crippen LogP contribution is -2.41. The van der Waals surface area contributed by atoms with Gasteiger partial charge < -0.3 is 18.9 Å². The van der Waals surface area contributed by atoms with Crippen LogP contribution in [0, 0.1) is 0 Å². The molecule has 33 heavy (non-hydrogen) atoms. The smallest absolute Gasteiger partial charge is 0.410 e. The van der Waals surface area contributed by atoms with E-state index in [0.29, 0.717) is 37.0 Å². The van der Waals surface area contributed by atoms with Crippen LogP contribution < -0.4 is 0 Å². The molecular weight excluding hydrogens is 422 g/mol. The molecule has 0 bridgehead atoms. The zero-order valence-corrected chi connectivity index (χ0v) is 19.7. The van der Waals surface area contributed by atoms with Gasteiger partial charge in [-0.05, 0) is 52.5 Å². The summed E-state index contributed by atoms with van der Waals surface area (Å²) in [6.45, 7) is 6.87. The molecule has 3 aromatic rings. The zero-order chi connectivity index (χ0) is 23.2. The summed E-state index contributed by atoms with van der Waals surface area (Å²) < 4.78 is 18.6. The molecule has 2 aromatic heterocycles. The third-order valence-electron chi connectivity index (χ3n) is 6.54. The second-order valence-electron chi connectivity index (χ2n) is 10.0. The van der Waals surface area contributed by atoms with Crippen molar-refractivity contribution in [2.45, 2.75) is 70.1 Å². The number of hydrogen-bond acceptors (Lipinski definition) is 7. The molecule has 2 aliphatic rings. The lowest BCUT2D eigenvalue weighted by Gasteiger charge is -2.34. The quantitative estimate of drug-likeness (QED) is 0.572. The standard InChI is InChI=1S/C24H31N5O4/c1-24(2,3)32-23(30)28-9-7-15(8-10-28)22-26-21(27-33-22)16-5-6-17-14-25-29(20(17)11-16)18-12-19(13-18)31-4/h5-6,11,14-15,18-19H,7-10,12-13H2,1-4H3/t18-,19+. The van der Waals surface area contributed by atoms with Crippen molar-refractivity contribution in [2.75, 3.05) is 20.2 Å². The lowest BCUT2D eigenvalue weighted by molar-refractivity contribution is 0.00386. The Labute approximate surface area is 193 Å². The molecule has 1 aliphatic carbocycles. The molecule has 1 saturated heterocycles. The maximum atomic E-state index is 12.3. The number of amides is 1. The number of aromatic nitrogens is 4. The predicted octanol–water partition coefficient (Wildman–Crippen LogP) is 4.55. The number of carbonyl (C=O) groups is 1. The Balaban J connectivity index is 1.27. The van der Waals surface area contributed by atoms with E-state index in [1.807, 2.05) is 33.0 Å². The van der Waals surface area contributed by atoms with Crippen LogP contribution in [0.4, 0.5) is 4.79 Å². The van der Waals surface area contributed by atoms with Gasteiger partial charge in [0, 0.05) is 37.1 Å². The Kier molecular flexibility index (Phi) is 5.60. The number of rotatable bonds is 4. The molecule has 3 heterocycles. The molecule has 0 unspecified atom stereocenters. The minimum atomic E-state index is -0.490. The van der Waals surface area contributed by atoms with E-state index in [1.165, 1.54) is 0 Å². The molecule has 1 saturated carbocycles. The number of carbonyl (C=O) groups excluding carboxylic acids is 1. The van der Waals surface area contributed by atoms with Crippen molar-refractivity contribution in [3.05, 3.63) is 30.3 Å². The SMILES string of the molecule is CO[C@H]1C[C@@H](n2ncc3ccc(-c4noc(C5CCN(C(=O)OC(C)(C)C)CC5)n4)cc32)C1. The largest absolute Gasteiger partial charge is 0.444 e. The first-order chi connectivity index (χ1) is 15.8. The van der Waals surface area contributed by atoms with Crippen molar-refractivity contribution in [3.8, 4) is 11.4 Å². The van der Waals surface area contributed by atoms with Gasteiger partial charge in [-0.2, -0.15) is 10.1 Å². The Morgan fingerprint density at radius 3 is 2.64 bits per heavy atom. The Morgan fingerprint density at radius 1 is 1.18 bits per heavy atom.